The number of carbonyl (C=O) groups is 1. The zero-order valence-electron chi connectivity index (χ0n) is 17.7. The largest absolute Gasteiger partial charge is 0.350 e. The molecule has 0 spiro atoms. The second kappa shape index (κ2) is 6.92. The van der Waals surface area contributed by atoms with Crippen LogP contribution in [0.3, 0.4) is 0 Å². The quantitative estimate of drug-likeness (QED) is 0.459. The minimum absolute atomic E-state index is 0.00589. The molecule has 1 saturated carbocycles. The third-order valence-electron chi connectivity index (χ3n) is 7.15. The molecule has 1 atom stereocenters. The molecule has 0 radical (unpaired) electrons. The van der Waals surface area contributed by atoms with Gasteiger partial charge in [-0.3, -0.25) is 9.20 Å². The molecule has 2 aliphatic rings. The summed E-state index contributed by atoms with van der Waals surface area (Å²) in [5.74, 6) is 1.75. The number of amides is 1. The van der Waals surface area contributed by atoms with Crippen molar-refractivity contribution in [3.63, 3.8) is 0 Å². The van der Waals surface area contributed by atoms with Crippen molar-refractivity contribution in [3.8, 4) is 0 Å². The van der Waals surface area contributed by atoms with Crippen LogP contribution in [-0.2, 0) is 0 Å². The van der Waals surface area contributed by atoms with E-state index in [1.54, 1.807) is 17.4 Å². The molecule has 5 nitrogen and oxygen atoms in total. The highest BCUT2D eigenvalue weighted by Gasteiger charge is 2.34. The molecule has 1 amide bonds. The van der Waals surface area contributed by atoms with Crippen molar-refractivity contribution in [3.05, 3.63) is 57.9 Å². The molecule has 1 saturated heterocycles. The number of aryl methyl sites for hydroxylation is 2. The Morgan fingerprint density at radius 2 is 2.06 bits per heavy atom. The monoisotopic (exact) mass is 436 g/mol. The van der Waals surface area contributed by atoms with Crippen LogP contribution >= 0.6 is 11.3 Å². The number of fused-ring (bicyclic) bond motifs is 2. The Kier molecular flexibility index (Phi) is 4.25. The summed E-state index contributed by atoms with van der Waals surface area (Å²) < 4.78 is 16.0. The molecule has 4 aromatic rings. The van der Waals surface area contributed by atoms with Gasteiger partial charge in [-0.1, -0.05) is 6.42 Å². The van der Waals surface area contributed by atoms with Gasteiger partial charge < -0.3 is 9.88 Å². The number of aromatic nitrogens is 3. The molecule has 6 rings (SSSR count). The van der Waals surface area contributed by atoms with E-state index < -0.39 is 0 Å². The molecule has 1 N–H and O–H groups in total. The van der Waals surface area contributed by atoms with Gasteiger partial charge in [0, 0.05) is 46.9 Å². The summed E-state index contributed by atoms with van der Waals surface area (Å²) in [4.78, 5) is 24.8. The highest BCUT2D eigenvalue weighted by atomic mass is 32.1. The smallest absolute Gasteiger partial charge is 0.270 e. The van der Waals surface area contributed by atoms with Crippen molar-refractivity contribution in [2.24, 2.45) is 0 Å². The topological polar surface area (TPSA) is 53.4 Å². The molecule has 7 heteroatoms. The number of nitrogens with one attached hydrogen (secondary N) is 1. The van der Waals surface area contributed by atoms with E-state index in [-0.39, 0.29) is 17.6 Å². The maximum Gasteiger partial charge on any atom is 0.270 e. The van der Waals surface area contributed by atoms with E-state index in [0.717, 1.165) is 35.1 Å². The lowest BCUT2D eigenvalue weighted by Crippen LogP contribution is -2.29. The second-order valence-electron chi connectivity index (χ2n) is 9.05. The predicted molar refractivity (Wildman–Crippen MR) is 121 cm³/mol. The number of hydrogen-bond acceptors (Lipinski definition) is 3. The predicted octanol–water partition coefficient (Wildman–Crippen LogP) is 5.53. The van der Waals surface area contributed by atoms with E-state index in [1.807, 2.05) is 11.8 Å². The van der Waals surface area contributed by atoms with Crippen molar-refractivity contribution >= 4 is 33.0 Å². The fourth-order valence-corrected chi connectivity index (χ4v) is 6.20. The van der Waals surface area contributed by atoms with Gasteiger partial charge in [0.1, 0.15) is 22.2 Å². The lowest BCUT2D eigenvalue weighted by Gasteiger charge is -2.24. The number of rotatable bonds is 3. The lowest BCUT2D eigenvalue weighted by atomic mass is 9.85. The van der Waals surface area contributed by atoms with Crippen LogP contribution in [0.1, 0.15) is 70.8 Å². The third kappa shape index (κ3) is 2.86. The van der Waals surface area contributed by atoms with Crippen LogP contribution in [0.4, 0.5) is 4.39 Å². The van der Waals surface area contributed by atoms with E-state index in [1.165, 1.54) is 47.7 Å². The zero-order valence-corrected chi connectivity index (χ0v) is 18.6. The number of halogens is 1. The number of likely N-dealkylation sites (tertiary alicyclic amines) is 1. The van der Waals surface area contributed by atoms with Crippen LogP contribution in [0.5, 0.6) is 0 Å². The average Bonchev–Trinajstić information content (AvgIpc) is 3.47. The number of nitrogens with zero attached hydrogens (tertiary/aromatic N) is 3. The SMILES string of the molecule is Cc1c(C(=O)N2CCC(c3nc(C4CCC4)n4c(C)csc34)C2)[nH]c2ccc(F)cc12. The number of hydrogen-bond donors (Lipinski definition) is 1. The Labute approximate surface area is 183 Å². The summed E-state index contributed by atoms with van der Waals surface area (Å²) >= 11 is 1.77. The molecule has 1 aliphatic carbocycles. The minimum atomic E-state index is -0.285. The Hall–Kier alpha value is -2.67. The Balaban J connectivity index is 1.30. The van der Waals surface area contributed by atoms with Crippen molar-refractivity contribution in [2.75, 3.05) is 13.1 Å². The maximum atomic E-state index is 13.7. The molecule has 1 unspecified atom stereocenters. The van der Waals surface area contributed by atoms with E-state index >= 15 is 0 Å². The van der Waals surface area contributed by atoms with Crippen molar-refractivity contribution in [2.45, 2.75) is 51.4 Å². The van der Waals surface area contributed by atoms with E-state index in [4.69, 9.17) is 4.98 Å². The van der Waals surface area contributed by atoms with Gasteiger partial charge in [-0.05, 0) is 56.9 Å². The molecule has 0 bridgehead atoms. The fraction of sp³-hybridized carbons (Fsp3) is 0.417. The summed E-state index contributed by atoms with van der Waals surface area (Å²) in [5.41, 5.74) is 4.60. The van der Waals surface area contributed by atoms with Crippen LogP contribution in [-0.4, -0.2) is 38.3 Å². The molecule has 1 aliphatic heterocycles. The summed E-state index contributed by atoms with van der Waals surface area (Å²) in [6.45, 7) is 5.44. The van der Waals surface area contributed by atoms with Crippen LogP contribution in [0, 0.1) is 19.7 Å². The number of carbonyl (C=O) groups excluding carboxylic acids is 1. The molecule has 160 valence electrons. The second-order valence-corrected chi connectivity index (χ2v) is 9.91. The standard InChI is InChI=1S/C24H25FN4OS/c1-13-12-31-24-21(27-22(29(13)24)15-4-3-5-15)16-8-9-28(11-16)23(30)20-14(2)18-10-17(25)6-7-19(18)26-20/h6-7,10,12,15-16,26H,3-5,8-9,11H2,1-2H3. The molecule has 3 aromatic heterocycles. The highest BCUT2D eigenvalue weighted by Crippen LogP contribution is 2.41. The first kappa shape index (κ1) is 19.0. The number of thiazole rings is 1. The third-order valence-corrected chi connectivity index (χ3v) is 8.22. The number of H-pyrrole nitrogens is 1. The lowest BCUT2D eigenvalue weighted by molar-refractivity contribution is 0.0785. The molecular formula is C24H25FN4OS. The van der Waals surface area contributed by atoms with Crippen molar-refractivity contribution in [1.82, 2.24) is 19.3 Å². The summed E-state index contributed by atoms with van der Waals surface area (Å²) in [6.07, 6.45) is 4.66. The number of benzene rings is 1. The minimum Gasteiger partial charge on any atom is -0.350 e. The maximum absolute atomic E-state index is 13.7. The van der Waals surface area contributed by atoms with Gasteiger partial charge in [0.25, 0.3) is 5.91 Å². The number of imidazole rings is 1. The van der Waals surface area contributed by atoms with Gasteiger partial charge in [0.2, 0.25) is 0 Å². The van der Waals surface area contributed by atoms with Gasteiger partial charge in [-0.15, -0.1) is 11.3 Å². The van der Waals surface area contributed by atoms with Gasteiger partial charge in [0.15, 0.2) is 0 Å². The van der Waals surface area contributed by atoms with Crippen molar-refractivity contribution in [1.29, 1.82) is 0 Å². The Morgan fingerprint density at radius 3 is 2.84 bits per heavy atom. The van der Waals surface area contributed by atoms with Crippen molar-refractivity contribution < 1.29 is 9.18 Å². The zero-order chi connectivity index (χ0) is 21.3. The van der Waals surface area contributed by atoms with E-state index in [0.29, 0.717) is 18.2 Å². The van der Waals surface area contributed by atoms with Gasteiger partial charge in [-0.2, -0.15) is 0 Å². The van der Waals surface area contributed by atoms with Crippen LogP contribution in [0.25, 0.3) is 15.7 Å². The Morgan fingerprint density at radius 1 is 1.23 bits per heavy atom. The first-order chi connectivity index (χ1) is 15.0. The summed E-state index contributed by atoms with van der Waals surface area (Å²) in [6, 6.07) is 4.61. The van der Waals surface area contributed by atoms with Crippen LogP contribution < -0.4 is 0 Å². The van der Waals surface area contributed by atoms with Crippen LogP contribution in [0.15, 0.2) is 23.6 Å². The van der Waals surface area contributed by atoms with Gasteiger partial charge in [-0.25, -0.2) is 9.37 Å². The highest BCUT2D eigenvalue weighted by molar-refractivity contribution is 7.15. The van der Waals surface area contributed by atoms with Gasteiger partial charge >= 0.3 is 0 Å². The van der Waals surface area contributed by atoms with E-state index in [2.05, 4.69) is 21.7 Å². The Bertz CT molecular complexity index is 1330. The molecule has 1 aromatic carbocycles. The number of aromatic amines is 1. The summed E-state index contributed by atoms with van der Waals surface area (Å²) in [7, 11) is 0. The normalized spacial score (nSPS) is 19.6. The fourth-order valence-electron chi connectivity index (χ4n) is 5.13. The molecule has 2 fully saturated rings. The van der Waals surface area contributed by atoms with Gasteiger partial charge in [0.05, 0.1) is 5.69 Å². The first-order valence-corrected chi connectivity index (χ1v) is 11.9. The van der Waals surface area contributed by atoms with Crippen LogP contribution in [0.2, 0.25) is 0 Å². The first-order valence-electron chi connectivity index (χ1n) is 11.0. The van der Waals surface area contributed by atoms with E-state index in [9.17, 15) is 9.18 Å². The average molecular weight is 437 g/mol. The summed E-state index contributed by atoms with van der Waals surface area (Å²) in [5, 5.41) is 2.99. The molecular weight excluding hydrogens is 411 g/mol. The molecule has 31 heavy (non-hydrogen) atoms. The molecule has 4 heterocycles.